The third kappa shape index (κ3) is 6.26. The topological polar surface area (TPSA) is 118 Å². The first kappa shape index (κ1) is 31.3. The number of aliphatic carboxylic acids is 1. The van der Waals surface area contributed by atoms with Crippen molar-refractivity contribution in [3.8, 4) is 5.75 Å². The lowest BCUT2D eigenvalue weighted by Crippen LogP contribution is -2.45. The highest BCUT2D eigenvalue weighted by Gasteiger charge is 2.49. The average molecular weight is 647 g/mol. The van der Waals surface area contributed by atoms with Crippen LogP contribution < -0.4 is 4.18 Å². The van der Waals surface area contributed by atoms with Gasteiger partial charge in [0.05, 0.1) is 6.42 Å². The van der Waals surface area contributed by atoms with Crippen LogP contribution in [0.2, 0.25) is 10.0 Å². The summed E-state index contributed by atoms with van der Waals surface area (Å²) in [6, 6.07) is 9.99. The van der Waals surface area contributed by atoms with Crippen LogP contribution in [0.5, 0.6) is 5.75 Å². The van der Waals surface area contributed by atoms with E-state index in [1.807, 2.05) is 32.6 Å². The minimum atomic E-state index is -4.34. The summed E-state index contributed by atoms with van der Waals surface area (Å²) in [6.07, 6.45) is 1.16. The van der Waals surface area contributed by atoms with Gasteiger partial charge in [-0.15, -0.1) is 0 Å². The van der Waals surface area contributed by atoms with Gasteiger partial charge in [0.25, 0.3) is 0 Å². The van der Waals surface area contributed by atoms with Crippen LogP contribution in [-0.2, 0) is 24.5 Å². The van der Waals surface area contributed by atoms with E-state index in [0.29, 0.717) is 40.4 Å². The molecule has 1 aliphatic heterocycles. The van der Waals surface area contributed by atoms with Gasteiger partial charge in [-0.2, -0.15) is 8.42 Å². The van der Waals surface area contributed by atoms with Gasteiger partial charge in [-0.25, -0.2) is 0 Å². The van der Waals surface area contributed by atoms with Crippen molar-refractivity contribution in [3.05, 3.63) is 80.6 Å². The van der Waals surface area contributed by atoms with Crippen molar-refractivity contribution in [2.75, 3.05) is 6.54 Å². The highest BCUT2D eigenvalue weighted by molar-refractivity contribution is 7.87. The predicted octanol–water partition coefficient (Wildman–Crippen LogP) is 6.92. The lowest BCUT2D eigenvalue weighted by Gasteiger charge is -2.49. The van der Waals surface area contributed by atoms with Crippen molar-refractivity contribution in [1.82, 2.24) is 4.90 Å². The molecule has 11 heteroatoms. The summed E-state index contributed by atoms with van der Waals surface area (Å²) in [6.45, 7) is 8.00. The van der Waals surface area contributed by atoms with Gasteiger partial charge in [0.15, 0.2) is 11.6 Å². The fourth-order valence-corrected chi connectivity index (χ4v) is 7.68. The van der Waals surface area contributed by atoms with Gasteiger partial charge in [-0.05, 0) is 66.1 Å². The predicted molar refractivity (Wildman–Crippen MR) is 163 cm³/mol. The van der Waals surface area contributed by atoms with Gasteiger partial charge in [0.1, 0.15) is 10.6 Å². The first-order valence-corrected chi connectivity index (χ1v) is 16.2. The first-order chi connectivity index (χ1) is 20.0. The molecule has 0 saturated heterocycles. The third-order valence-corrected chi connectivity index (χ3v) is 9.89. The van der Waals surface area contributed by atoms with Gasteiger partial charge >= 0.3 is 16.1 Å². The highest BCUT2D eigenvalue weighted by atomic mass is 35.5. The maximum Gasteiger partial charge on any atom is 0.339 e. The van der Waals surface area contributed by atoms with Crippen molar-refractivity contribution < 1.29 is 32.1 Å². The first-order valence-electron chi connectivity index (χ1n) is 14.0. The minimum absolute atomic E-state index is 0.0581. The molecule has 2 aromatic rings. The zero-order valence-corrected chi connectivity index (χ0v) is 26.7. The molecule has 3 aliphatic rings. The normalized spacial score (nSPS) is 20.2. The second kappa shape index (κ2) is 11.1. The molecule has 228 valence electrons. The van der Waals surface area contributed by atoms with Crippen molar-refractivity contribution in [1.29, 1.82) is 0 Å². The van der Waals surface area contributed by atoms with E-state index >= 15 is 0 Å². The minimum Gasteiger partial charge on any atom is -0.481 e. The quantitative estimate of drug-likeness (QED) is 0.322. The smallest absolute Gasteiger partial charge is 0.339 e. The third-order valence-electron chi connectivity index (χ3n) is 8.16. The Labute approximate surface area is 261 Å². The number of nitrogens with zero attached hydrogens (tertiary/aromatic N) is 1. The van der Waals surface area contributed by atoms with Gasteiger partial charge in [0, 0.05) is 63.5 Å². The molecular weight excluding hydrogens is 613 g/mol. The molecule has 0 saturated carbocycles. The zero-order valence-electron chi connectivity index (χ0n) is 24.4. The summed E-state index contributed by atoms with van der Waals surface area (Å²) < 4.78 is 32.5. The fraction of sp³-hybridized carbons (Fsp3) is 0.406. The van der Waals surface area contributed by atoms with E-state index in [1.54, 1.807) is 6.07 Å². The van der Waals surface area contributed by atoms with E-state index in [-0.39, 0.29) is 58.6 Å². The summed E-state index contributed by atoms with van der Waals surface area (Å²) in [4.78, 5) is 41.5. The molecular formula is C32H33Cl2NO7S. The van der Waals surface area contributed by atoms with E-state index in [0.717, 1.165) is 0 Å². The van der Waals surface area contributed by atoms with Crippen LogP contribution >= 0.6 is 23.2 Å². The van der Waals surface area contributed by atoms with Crippen LogP contribution in [-0.4, -0.2) is 42.5 Å². The number of carbonyl (C=O) groups is 3. The van der Waals surface area contributed by atoms with E-state index < -0.39 is 32.8 Å². The molecule has 1 N–H and O–H groups in total. The average Bonchev–Trinajstić information content (AvgIpc) is 2.87. The molecule has 0 atom stereocenters. The number of rotatable bonds is 7. The maximum absolute atomic E-state index is 14.0. The Morgan fingerprint density at radius 1 is 0.884 bits per heavy atom. The second-order valence-electron chi connectivity index (χ2n) is 13.0. The van der Waals surface area contributed by atoms with Crippen LogP contribution in [0.3, 0.4) is 0 Å². The standard InChI is InChI=1S/C32H33Cl2NO7S/c1-31(2)14-22-29(24(36)16-31)28(30-23(35(22)12-11-27(38)39)15-32(3,4)17-25(30)37)21-13-19(34)7-10-26(21)42-43(40,41)20-8-5-18(33)6-9-20/h5-10,13,28H,11-12,14-17H2,1-4H3,(H,38,39). The molecule has 0 amide bonds. The lowest BCUT2D eigenvalue weighted by atomic mass is 9.63. The van der Waals surface area contributed by atoms with Crippen LogP contribution in [0.25, 0.3) is 0 Å². The molecule has 0 spiro atoms. The van der Waals surface area contributed by atoms with Crippen molar-refractivity contribution >= 4 is 50.9 Å². The molecule has 0 unspecified atom stereocenters. The van der Waals surface area contributed by atoms with Crippen molar-refractivity contribution in [2.24, 2.45) is 10.8 Å². The summed E-state index contributed by atoms with van der Waals surface area (Å²) in [5, 5.41) is 10.2. The number of carboxylic acid groups (broad SMARTS) is 1. The summed E-state index contributed by atoms with van der Waals surface area (Å²) in [5.41, 5.74) is 1.47. The SMILES string of the molecule is CC1(C)CC(=O)C2=C(C1)N(CCC(=O)O)C1=C(C(=O)CC(C)(C)C1)C2c1cc(Cl)ccc1OS(=O)(=O)c1ccc(Cl)cc1. The van der Waals surface area contributed by atoms with Gasteiger partial charge in [-0.3, -0.25) is 14.4 Å². The molecule has 0 radical (unpaired) electrons. The molecule has 0 aromatic heterocycles. The van der Waals surface area contributed by atoms with Crippen molar-refractivity contribution in [2.45, 2.75) is 70.6 Å². The number of allylic oxidation sites excluding steroid dienone is 4. The number of carbonyl (C=O) groups excluding carboxylic acids is 2. The van der Waals surface area contributed by atoms with Gasteiger partial charge < -0.3 is 14.2 Å². The molecule has 1 heterocycles. The number of hydrogen-bond acceptors (Lipinski definition) is 7. The van der Waals surface area contributed by atoms with Crippen LogP contribution in [0.15, 0.2) is 69.9 Å². The zero-order chi connectivity index (χ0) is 31.5. The molecule has 0 bridgehead atoms. The molecule has 5 rings (SSSR count). The number of hydrogen-bond donors (Lipinski definition) is 1. The molecule has 2 aliphatic carbocycles. The van der Waals surface area contributed by atoms with Gasteiger partial charge in [-0.1, -0.05) is 50.9 Å². The Kier molecular flexibility index (Phi) is 8.07. The Balaban J connectivity index is 1.75. The molecule has 43 heavy (non-hydrogen) atoms. The summed E-state index contributed by atoms with van der Waals surface area (Å²) in [7, 11) is -4.34. The van der Waals surface area contributed by atoms with Gasteiger partial charge in [0.2, 0.25) is 0 Å². The molecule has 8 nitrogen and oxygen atoms in total. The summed E-state index contributed by atoms with van der Waals surface area (Å²) >= 11 is 12.4. The van der Waals surface area contributed by atoms with E-state index in [1.165, 1.54) is 36.4 Å². The van der Waals surface area contributed by atoms with Crippen molar-refractivity contribution in [3.63, 3.8) is 0 Å². The second-order valence-corrected chi connectivity index (χ2v) is 15.4. The van der Waals surface area contributed by atoms with Crippen LogP contribution in [0.4, 0.5) is 0 Å². The Bertz CT molecular complexity index is 1650. The Morgan fingerprint density at radius 2 is 1.40 bits per heavy atom. The monoisotopic (exact) mass is 645 g/mol. The van der Waals surface area contributed by atoms with Crippen LogP contribution in [0, 0.1) is 10.8 Å². The number of ketones is 2. The highest BCUT2D eigenvalue weighted by Crippen LogP contribution is 2.55. The fourth-order valence-electron chi connectivity index (χ4n) is 6.42. The molecule has 2 aromatic carbocycles. The van der Waals surface area contributed by atoms with E-state index in [4.69, 9.17) is 27.4 Å². The summed E-state index contributed by atoms with van der Waals surface area (Å²) in [5.74, 6) is -2.36. The number of Topliss-reactive ketones (excluding diaryl/α,β-unsaturated/α-hetero) is 2. The number of carboxylic acids is 1. The van der Waals surface area contributed by atoms with Crippen LogP contribution in [0.1, 0.15) is 71.3 Å². The number of halogens is 2. The number of benzene rings is 2. The Morgan fingerprint density at radius 3 is 1.91 bits per heavy atom. The van der Waals surface area contributed by atoms with E-state index in [2.05, 4.69) is 0 Å². The van der Waals surface area contributed by atoms with E-state index in [9.17, 15) is 27.9 Å². The molecule has 0 fully saturated rings. The maximum atomic E-state index is 14.0. The lowest BCUT2D eigenvalue weighted by molar-refractivity contribution is -0.137. The Hall–Kier alpha value is -3.14. The largest absolute Gasteiger partial charge is 0.481 e.